The molecule has 0 aromatic heterocycles. The summed E-state index contributed by atoms with van der Waals surface area (Å²) in [7, 11) is 0. The molecule has 2 aliphatic heterocycles. The number of aliphatic imine (C=N–C) groups is 1. The predicted molar refractivity (Wildman–Crippen MR) is 94.1 cm³/mol. The zero-order valence-corrected chi connectivity index (χ0v) is 15.4. The lowest BCUT2D eigenvalue weighted by Gasteiger charge is -2.57. The normalized spacial score (nSPS) is 51.0. The molecule has 1 spiro atoms. The Labute approximate surface area is 149 Å². The topological polar surface area (TPSA) is 73.9 Å². The van der Waals surface area contributed by atoms with Crippen LogP contribution in [-0.4, -0.2) is 36.7 Å². The Kier molecular flexibility index (Phi) is 3.37. The molecule has 0 aromatic carbocycles. The van der Waals surface area contributed by atoms with Crippen molar-refractivity contribution in [2.75, 3.05) is 13.2 Å². The highest BCUT2D eigenvalue weighted by Gasteiger charge is 2.68. The first-order valence-corrected chi connectivity index (χ1v) is 10.1. The third kappa shape index (κ3) is 1.95. The van der Waals surface area contributed by atoms with Gasteiger partial charge in [-0.3, -0.25) is 4.79 Å². The van der Waals surface area contributed by atoms with Gasteiger partial charge in [0.1, 0.15) is 0 Å². The molecule has 25 heavy (non-hydrogen) atoms. The standard InChI is InChI=1S/C20H30N2O3/c1-18-6-3-12(21)11-15(18)22-17(23)16-13(18)4-7-19(2)14(16)5-8-20(19)24-9-10-25-20/h12-14,16H,3-11,21H2,1-2H3/t12-,13?,14?,16?,18+,19-/m0/s1. The average molecular weight is 346 g/mol. The van der Waals surface area contributed by atoms with Crippen LogP contribution in [0.3, 0.4) is 0 Å². The molecule has 2 heterocycles. The fraction of sp³-hybridized carbons (Fsp3) is 0.900. The molecule has 5 nitrogen and oxygen atoms in total. The summed E-state index contributed by atoms with van der Waals surface area (Å²) in [4.78, 5) is 17.7. The van der Waals surface area contributed by atoms with Crippen LogP contribution < -0.4 is 5.73 Å². The highest BCUT2D eigenvalue weighted by molar-refractivity contribution is 6.03. The summed E-state index contributed by atoms with van der Waals surface area (Å²) in [5, 5.41) is 0. The summed E-state index contributed by atoms with van der Waals surface area (Å²) < 4.78 is 12.3. The van der Waals surface area contributed by atoms with Crippen molar-refractivity contribution in [1.82, 2.24) is 0 Å². The van der Waals surface area contributed by atoms with E-state index in [1.165, 1.54) is 0 Å². The smallest absolute Gasteiger partial charge is 0.249 e. The van der Waals surface area contributed by atoms with Gasteiger partial charge in [-0.2, -0.15) is 0 Å². The average Bonchev–Trinajstić information content (AvgIpc) is 3.17. The van der Waals surface area contributed by atoms with E-state index in [-0.39, 0.29) is 28.7 Å². The molecule has 0 aromatic rings. The van der Waals surface area contributed by atoms with Crippen LogP contribution in [0.2, 0.25) is 0 Å². The molecular weight excluding hydrogens is 316 g/mol. The first-order valence-electron chi connectivity index (χ1n) is 10.1. The summed E-state index contributed by atoms with van der Waals surface area (Å²) >= 11 is 0. The number of ether oxygens (including phenoxy) is 2. The van der Waals surface area contributed by atoms with Gasteiger partial charge in [0, 0.05) is 41.3 Å². The van der Waals surface area contributed by atoms with Gasteiger partial charge in [0.2, 0.25) is 5.91 Å². The molecule has 1 amide bonds. The van der Waals surface area contributed by atoms with Crippen LogP contribution in [0.15, 0.2) is 4.99 Å². The SMILES string of the molecule is C[C@]12CC[C@H](N)CC1=NC(=O)C1C2CC[C@@]2(C)C1CCC21OCCO1. The van der Waals surface area contributed by atoms with E-state index in [1.807, 2.05) is 0 Å². The number of fused-ring (bicyclic) bond motifs is 6. The molecule has 3 unspecified atom stereocenters. The number of nitrogens with zero attached hydrogens (tertiary/aromatic N) is 1. The van der Waals surface area contributed by atoms with Crippen LogP contribution in [0.25, 0.3) is 0 Å². The fourth-order valence-corrected chi connectivity index (χ4v) is 7.08. The molecule has 3 aliphatic carbocycles. The van der Waals surface area contributed by atoms with Crippen LogP contribution in [-0.2, 0) is 14.3 Å². The van der Waals surface area contributed by atoms with Crippen molar-refractivity contribution < 1.29 is 14.3 Å². The Bertz CT molecular complexity index is 641. The number of carbonyl (C=O) groups excluding carboxylic acids is 1. The molecule has 6 atom stereocenters. The molecule has 5 aliphatic rings. The highest BCUT2D eigenvalue weighted by atomic mass is 16.7. The molecule has 5 rings (SSSR count). The van der Waals surface area contributed by atoms with E-state index in [4.69, 9.17) is 15.2 Å². The maximum atomic E-state index is 13.1. The largest absolute Gasteiger partial charge is 0.347 e. The van der Waals surface area contributed by atoms with Crippen molar-refractivity contribution in [3.8, 4) is 0 Å². The zero-order valence-electron chi connectivity index (χ0n) is 15.4. The quantitative estimate of drug-likeness (QED) is 0.732. The van der Waals surface area contributed by atoms with E-state index in [9.17, 15) is 4.79 Å². The number of hydrogen-bond acceptors (Lipinski definition) is 4. The van der Waals surface area contributed by atoms with Gasteiger partial charge < -0.3 is 15.2 Å². The van der Waals surface area contributed by atoms with E-state index in [1.54, 1.807) is 0 Å². The van der Waals surface area contributed by atoms with Gasteiger partial charge in [-0.1, -0.05) is 13.8 Å². The molecule has 0 radical (unpaired) electrons. The predicted octanol–water partition coefficient (Wildman–Crippen LogP) is 2.67. The van der Waals surface area contributed by atoms with E-state index in [0.717, 1.165) is 50.7 Å². The number of rotatable bonds is 0. The van der Waals surface area contributed by atoms with E-state index >= 15 is 0 Å². The van der Waals surface area contributed by atoms with Gasteiger partial charge in [0.15, 0.2) is 5.79 Å². The van der Waals surface area contributed by atoms with Gasteiger partial charge in [-0.05, 0) is 43.9 Å². The fourth-order valence-electron chi connectivity index (χ4n) is 7.08. The number of nitrogens with two attached hydrogens (primary N) is 1. The third-order valence-corrected chi connectivity index (χ3v) is 8.57. The van der Waals surface area contributed by atoms with Gasteiger partial charge in [-0.15, -0.1) is 0 Å². The Morgan fingerprint density at radius 1 is 1.04 bits per heavy atom. The summed E-state index contributed by atoms with van der Waals surface area (Å²) in [6.07, 6.45) is 7.01. The van der Waals surface area contributed by atoms with Gasteiger partial charge in [0.05, 0.1) is 13.2 Å². The lowest BCUT2D eigenvalue weighted by atomic mass is 9.49. The van der Waals surface area contributed by atoms with Crippen molar-refractivity contribution in [2.24, 2.45) is 39.3 Å². The second kappa shape index (κ2) is 5.14. The number of hydrogen-bond donors (Lipinski definition) is 1. The Hall–Kier alpha value is -0.780. The summed E-state index contributed by atoms with van der Waals surface area (Å²) in [6, 6.07) is 0.167. The lowest BCUT2D eigenvalue weighted by Crippen LogP contribution is -2.59. The van der Waals surface area contributed by atoms with Gasteiger partial charge >= 0.3 is 0 Å². The summed E-state index contributed by atoms with van der Waals surface area (Å²) in [5.74, 6) is 0.429. The monoisotopic (exact) mass is 346 g/mol. The molecule has 1 saturated heterocycles. The minimum absolute atomic E-state index is 0.0361. The van der Waals surface area contributed by atoms with Crippen molar-refractivity contribution >= 4 is 11.6 Å². The third-order valence-electron chi connectivity index (χ3n) is 8.57. The van der Waals surface area contributed by atoms with Gasteiger partial charge in [-0.25, -0.2) is 4.99 Å². The second-order valence-electron chi connectivity index (χ2n) is 9.50. The molecule has 5 heteroatoms. The Balaban J connectivity index is 1.54. The van der Waals surface area contributed by atoms with Crippen molar-refractivity contribution in [3.63, 3.8) is 0 Å². The lowest BCUT2D eigenvalue weighted by molar-refractivity contribution is -0.240. The van der Waals surface area contributed by atoms with E-state index in [0.29, 0.717) is 25.0 Å². The van der Waals surface area contributed by atoms with Crippen LogP contribution in [0.4, 0.5) is 0 Å². The Morgan fingerprint density at radius 2 is 1.76 bits per heavy atom. The molecule has 0 bridgehead atoms. The van der Waals surface area contributed by atoms with Crippen LogP contribution in [0.1, 0.15) is 58.8 Å². The molecule has 3 saturated carbocycles. The van der Waals surface area contributed by atoms with E-state index in [2.05, 4.69) is 18.8 Å². The minimum Gasteiger partial charge on any atom is -0.347 e. The van der Waals surface area contributed by atoms with Crippen LogP contribution in [0.5, 0.6) is 0 Å². The zero-order chi connectivity index (χ0) is 17.4. The molecule has 4 fully saturated rings. The first-order chi connectivity index (χ1) is 11.9. The first kappa shape index (κ1) is 16.4. The van der Waals surface area contributed by atoms with E-state index < -0.39 is 5.79 Å². The number of amides is 1. The highest BCUT2D eigenvalue weighted by Crippen LogP contribution is 2.66. The summed E-state index contributed by atoms with van der Waals surface area (Å²) in [6.45, 7) is 6.01. The van der Waals surface area contributed by atoms with Crippen molar-refractivity contribution in [2.45, 2.75) is 70.6 Å². The van der Waals surface area contributed by atoms with Crippen LogP contribution in [0, 0.1) is 28.6 Å². The number of carbonyl (C=O) groups is 1. The second-order valence-corrected chi connectivity index (χ2v) is 9.50. The Morgan fingerprint density at radius 3 is 2.52 bits per heavy atom. The van der Waals surface area contributed by atoms with Gasteiger partial charge in [0.25, 0.3) is 0 Å². The molecular formula is C20H30N2O3. The minimum atomic E-state index is -0.456. The molecule has 138 valence electrons. The van der Waals surface area contributed by atoms with Crippen molar-refractivity contribution in [1.29, 1.82) is 0 Å². The maximum Gasteiger partial charge on any atom is 0.249 e. The van der Waals surface area contributed by atoms with Crippen LogP contribution >= 0.6 is 0 Å². The summed E-state index contributed by atoms with van der Waals surface area (Å²) in [5.41, 5.74) is 7.26. The maximum absolute atomic E-state index is 13.1. The van der Waals surface area contributed by atoms with Crippen molar-refractivity contribution in [3.05, 3.63) is 0 Å². The molecule has 2 N–H and O–H groups in total.